The molecule has 68 valence electrons. The van der Waals surface area contributed by atoms with Gasteiger partial charge >= 0.3 is 0 Å². The summed E-state index contributed by atoms with van der Waals surface area (Å²) in [4.78, 5) is 1.01. The van der Waals surface area contributed by atoms with E-state index in [0.717, 1.165) is 22.8 Å². The highest BCUT2D eigenvalue weighted by Gasteiger charge is 2.00. The minimum atomic E-state index is 0.674. The van der Waals surface area contributed by atoms with Crippen molar-refractivity contribution >= 4 is 17.4 Å². The fraction of sp³-hybridized carbons (Fsp3) is 0.300. The van der Waals surface area contributed by atoms with Gasteiger partial charge < -0.3 is 5.73 Å². The van der Waals surface area contributed by atoms with Crippen LogP contribution in [0.4, 0.5) is 5.69 Å². The molecule has 0 amide bonds. The Bertz CT molecular complexity index is 328. The summed E-state index contributed by atoms with van der Waals surface area (Å²) in [7, 11) is 0. The second kappa shape index (κ2) is 4.78. The first-order valence-corrected chi connectivity index (χ1v) is 5.19. The van der Waals surface area contributed by atoms with Crippen LogP contribution in [0, 0.1) is 11.3 Å². The van der Waals surface area contributed by atoms with Crippen molar-refractivity contribution in [1.29, 1.82) is 5.26 Å². The maximum atomic E-state index is 8.68. The average Bonchev–Trinajstić information content (AvgIpc) is 2.17. The number of thioether (sulfide) groups is 1. The van der Waals surface area contributed by atoms with Crippen LogP contribution in [-0.2, 0) is 0 Å². The normalized spacial score (nSPS) is 9.54. The molecule has 1 aromatic rings. The van der Waals surface area contributed by atoms with Crippen molar-refractivity contribution in [3.8, 4) is 6.07 Å². The Hall–Kier alpha value is -1.14. The Kier molecular flexibility index (Phi) is 3.66. The van der Waals surface area contributed by atoms with Crippen LogP contribution in [0.25, 0.3) is 0 Å². The molecule has 1 aromatic carbocycles. The van der Waals surface area contributed by atoms with Gasteiger partial charge in [-0.2, -0.15) is 5.26 Å². The lowest BCUT2D eigenvalue weighted by Crippen LogP contribution is -1.89. The van der Waals surface area contributed by atoms with E-state index in [4.69, 9.17) is 11.0 Å². The van der Waals surface area contributed by atoms with E-state index in [1.165, 1.54) is 0 Å². The summed E-state index contributed by atoms with van der Waals surface area (Å²) in [6.45, 7) is 2.12. The van der Waals surface area contributed by atoms with Gasteiger partial charge in [-0.25, -0.2) is 0 Å². The number of benzene rings is 1. The van der Waals surface area contributed by atoms with Gasteiger partial charge in [-0.3, -0.25) is 0 Å². The standard InChI is InChI=1S/C10H12N2S/c1-2-5-13-10-6-8(7-11)3-4-9(10)12/h3-4,6H,2,5,12H2,1H3. The van der Waals surface area contributed by atoms with Crippen molar-refractivity contribution < 1.29 is 0 Å². The van der Waals surface area contributed by atoms with Gasteiger partial charge in [0.2, 0.25) is 0 Å². The fourth-order valence-electron chi connectivity index (χ4n) is 0.941. The van der Waals surface area contributed by atoms with Crippen LogP contribution in [0.1, 0.15) is 18.9 Å². The third kappa shape index (κ3) is 2.67. The van der Waals surface area contributed by atoms with Crippen molar-refractivity contribution in [2.45, 2.75) is 18.2 Å². The molecule has 0 saturated heterocycles. The van der Waals surface area contributed by atoms with E-state index in [1.807, 2.05) is 6.07 Å². The monoisotopic (exact) mass is 192 g/mol. The van der Waals surface area contributed by atoms with Gasteiger partial charge in [0, 0.05) is 10.6 Å². The third-order valence-corrected chi connectivity index (χ3v) is 2.88. The lowest BCUT2D eigenvalue weighted by molar-refractivity contribution is 1.10. The van der Waals surface area contributed by atoms with Crippen LogP contribution in [0.5, 0.6) is 0 Å². The van der Waals surface area contributed by atoms with Crippen molar-refractivity contribution in [2.75, 3.05) is 11.5 Å². The van der Waals surface area contributed by atoms with Crippen LogP contribution in [0.2, 0.25) is 0 Å². The number of hydrogen-bond donors (Lipinski definition) is 1. The fourth-order valence-corrected chi connectivity index (χ4v) is 1.81. The first-order valence-electron chi connectivity index (χ1n) is 4.20. The number of rotatable bonds is 3. The Morgan fingerprint density at radius 2 is 2.31 bits per heavy atom. The van der Waals surface area contributed by atoms with Crippen molar-refractivity contribution in [1.82, 2.24) is 0 Å². The molecule has 0 aromatic heterocycles. The molecule has 0 aliphatic carbocycles. The summed E-state index contributed by atoms with van der Waals surface area (Å²) >= 11 is 1.70. The molecule has 3 heteroatoms. The van der Waals surface area contributed by atoms with Gasteiger partial charge in [-0.05, 0) is 30.4 Å². The molecule has 0 fully saturated rings. The van der Waals surface area contributed by atoms with Gasteiger partial charge in [-0.15, -0.1) is 11.8 Å². The predicted molar refractivity (Wildman–Crippen MR) is 56.6 cm³/mol. The second-order valence-corrected chi connectivity index (χ2v) is 3.85. The highest BCUT2D eigenvalue weighted by Crippen LogP contribution is 2.26. The van der Waals surface area contributed by atoms with E-state index < -0.39 is 0 Å². The summed E-state index contributed by atoms with van der Waals surface area (Å²) in [5.74, 6) is 1.04. The zero-order valence-electron chi connectivity index (χ0n) is 7.58. The Labute approximate surface area is 82.7 Å². The molecule has 2 N–H and O–H groups in total. The number of nitriles is 1. The van der Waals surface area contributed by atoms with Crippen LogP contribution >= 0.6 is 11.8 Å². The largest absolute Gasteiger partial charge is 0.398 e. The SMILES string of the molecule is CCCSc1cc(C#N)ccc1N. The van der Waals surface area contributed by atoms with Gasteiger partial charge in [0.25, 0.3) is 0 Å². The first-order chi connectivity index (χ1) is 6.27. The number of hydrogen-bond acceptors (Lipinski definition) is 3. The molecule has 0 unspecified atom stereocenters. The number of anilines is 1. The molecule has 0 spiro atoms. The van der Waals surface area contributed by atoms with E-state index in [1.54, 1.807) is 23.9 Å². The minimum absolute atomic E-state index is 0.674. The lowest BCUT2D eigenvalue weighted by Gasteiger charge is -2.03. The quantitative estimate of drug-likeness (QED) is 0.591. The topological polar surface area (TPSA) is 49.8 Å². The zero-order valence-corrected chi connectivity index (χ0v) is 8.40. The molecule has 0 aliphatic heterocycles. The maximum Gasteiger partial charge on any atom is 0.0992 e. The molecule has 13 heavy (non-hydrogen) atoms. The van der Waals surface area contributed by atoms with Crippen molar-refractivity contribution in [2.24, 2.45) is 0 Å². The molecule has 2 nitrogen and oxygen atoms in total. The molecular formula is C10H12N2S. The molecule has 0 heterocycles. The molecule has 0 atom stereocenters. The van der Waals surface area contributed by atoms with E-state index in [9.17, 15) is 0 Å². The lowest BCUT2D eigenvalue weighted by atomic mass is 10.2. The molecular weight excluding hydrogens is 180 g/mol. The van der Waals surface area contributed by atoms with E-state index in [2.05, 4.69) is 13.0 Å². The molecule has 0 radical (unpaired) electrons. The minimum Gasteiger partial charge on any atom is -0.398 e. The summed E-state index contributed by atoms with van der Waals surface area (Å²) in [6, 6.07) is 7.47. The first kappa shape index (κ1) is 9.94. The van der Waals surface area contributed by atoms with E-state index in [0.29, 0.717) is 5.56 Å². The van der Waals surface area contributed by atoms with Gasteiger partial charge in [0.1, 0.15) is 0 Å². The molecule has 0 saturated carbocycles. The third-order valence-electron chi connectivity index (χ3n) is 1.60. The zero-order chi connectivity index (χ0) is 9.68. The van der Waals surface area contributed by atoms with E-state index >= 15 is 0 Å². The summed E-state index contributed by atoms with van der Waals surface area (Å²) < 4.78 is 0. The summed E-state index contributed by atoms with van der Waals surface area (Å²) in [6.07, 6.45) is 1.11. The highest BCUT2D eigenvalue weighted by molar-refractivity contribution is 7.99. The van der Waals surface area contributed by atoms with E-state index in [-0.39, 0.29) is 0 Å². The van der Waals surface area contributed by atoms with Crippen LogP contribution in [0.3, 0.4) is 0 Å². The van der Waals surface area contributed by atoms with Crippen molar-refractivity contribution in [3.05, 3.63) is 23.8 Å². The van der Waals surface area contributed by atoms with Gasteiger partial charge in [-0.1, -0.05) is 6.92 Å². The highest BCUT2D eigenvalue weighted by atomic mass is 32.2. The molecule has 1 rings (SSSR count). The Balaban J connectivity index is 2.85. The second-order valence-electron chi connectivity index (χ2n) is 2.71. The molecule has 0 aliphatic rings. The van der Waals surface area contributed by atoms with Crippen LogP contribution < -0.4 is 5.73 Å². The Morgan fingerprint density at radius 3 is 2.92 bits per heavy atom. The smallest absolute Gasteiger partial charge is 0.0992 e. The average molecular weight is 192 g/mol. The number of nitrogen functional groups attached to an aromatic ring is 1. The van der Waals surface area contributed by atoms with Crippen LogP contribution in [-0.4, -0.2) is 5.75 Å². The van der Waals surface area contributed by atoms with Crippen LogP contribution in [0.15, 0.2) is 23.1 Å². The summed E-state index contributed by atoms with van der Waals surface area (Å²) in [5.41, 5.74) is 7.19. The van der Waals surface area contributed by atoms with Gasteiger partial charge in [0.15, 0.2) is 0 Å². The summed E-state index contributed by atoms with van der Waals surface area (Å²) in [5, 5.41) is 8.68. The van der Waals surface area contributed by atoms with Crippen molar-refractivity contribution in [3.63, 3.8) is 0 Å². The Morgan fingerprint density at radius 1 is 1.54 bits per heavy atom. The number of nitrogens with zero attached hydrogens (tertiary/aromatic N) is 1. The number of nitrogens with two attached hydrogens (primary N) is 1. The predicted octanol–water partition coefficient (Wildman–Crippen LogP) is 2.64. The molecule has 0 bridgehead atoms. The maximum absolute atomic E-state index is 8.68. The van der Waals surface area contributed by atoms with Gasteiger partial charge in [0.05, 0.1) is 11.6 Å².